The third-order valence-corrected chi connectivity index (χ3v) is 7.80. The molecule has 0 aliphatic rings. The topological polar surface area (TPSA) is 145 Å². The maximum absolute atomic E-state index is 13.3. The van der Waals surface area contributed by atoms with Crippen LogP contribution in [0.25, 0.3) is 11.2 Å². The van der Waals surface area contributed by atoms with Crippen LogP contribution in [0, 0.1) is 0 Å². The van der Waals surface area contributed by atoms with Crippen LogP contribution in [0.15, 0.2) is 95.0 Å². The highest BCUT2D eigenvalue weighted by Gasteiger charge is 2.38. The lowest BCUT2D eigenvalue weighted by molar-refractivity contribution is -0.123. The van der Waals surface area contributed by atoms with Gasteiger partial charge in [0.1, 0.15) is 23.6 Å². The Morgan fingerprint density at radius 2 is 1.56 bits per heavy atom. The lowest BCUT2D eigenvalue weighted by Gasteiger charge is -2.37. The highest BCUT2D eigenvalue weighted by atomic mass is 16.5. The molecular formula is C35H39N7O6. The summed E-state index contributed by atoms with van der Waals surface area (Å²) in [4.78, 5) is 40.9. The van der Waals surface area contributed by atoms with Gasteiger partial charge in [0.2, 0.25) is 11.9 Å². The van der Waals surface area contributed by atoms with Crippen molar-refractivity contribution in [2.75, 3.05) is 41.5 Å². The number of aliphatic hydroxyl groups is 1. The fourth-order valence-electron chi connectivity index (χ4n) is 5.33. The molecule has 5 rings (SSSR count). The predicted molar refractivity (Wildman–Crippen MR) is 182 cm³/mol. The second-order valence-electron chi connectivity index (χ2n) is 11.3. The van der Waals surface area contributed by atoms with E-state index in [1.54, 1.807) is 40.3 Å². The van der Waals surface area contributed by atoms with Crippen molar-refractivity contribution in [2.45, 2.75) is 18.2 Å². The molecule has 2 heterocycles. The fraction of sp³-hybridized carbons (Fsp3) is 0.286. The van der Waals surface area contributed by atoms with E-state index >= 15 is 0 Å². The quantitative estimate of drug-likeness (QED) is 0.105. The Labute approximate surface area is 278 Å². The summed E-state index contributed by atoms with van der Waals surface area (Å²) in [7, 11) is 8.37. The number of fused-ring (bicyclic) bond motifs is 1. The minimum absolute atomic E-state index is 0.0535. The molecule has 3 aromatic carbocycles. The number of imidazole rings is 1. The first-order chi connectivity index (χ1) is 23.2. The lowest BCUT2D eigenvalue weighted by atomic mass is 9.80. The van der Waals surface area contributed by atoms with Crippen LogP contribution < -0.4 is 20.3 Å². The molecule has 0 spiro atoms. The molecule has 0 bridgehead atoms. The third kappa shape index (κ3) is 7.06. The molecule has 0 radical (unpaired) electrons. The van der Waals surface area contributed by atoms with Gasteiger partial charge in [-0.15, -0.1) is 0 Å². The van der Waals surface area contributed by atoms with E-state index < -0.39 is 24.2 Å². The van der Waals surface area contributed by atoms with Gasteiger partial charge in [-0.2, -0.15) is 4.98 Å². The summed E-state index contributed by atoms with van der Waals surface area (Å²) in [6, 6.07) is 24.1. The third-order valence-electron chi connectivity index (χ3n) is 7.80. The number of hydrogen-bond donors (Lipinski definition) is 2. The zero-order chi connectivity index (χ0) is 34.3. The molecule has 13 heteroatoms. The average molecular weight is 654 g/mol. The van der Waals surface area contributed by atoms with Gasteiger partial charge >= 0.3 is 0 Å². The van der Waals surface area contributed by atoms with Gasteiger partial charge in [-0.05, 0) is 41.0 Å². The molecule has 2 aromatic heterocycles. The SMILES string of the molecule is COc1ccc(C(OC[C@@H](CO)NC(=O)Cn2cnc3c(=O)n(C)c(/N=C/N(C)C)nc32)(c2ccccc2)c2ccc(OC)cc2)cc1. The Bertz CT molecular complexity index is 1870. The van der Waals surface area contributed by atoms with Crippen LogP contribution in [0.5, 0.6) is 11.5 Å². The Kier molecular flexibility index (Phi) is 10.5. The van der Waals surface area contributed by atoms with E-state index in [-0.39, 0.29) is 35.8 Å². The Balaban J connectivity index is 1.44. The molecule has 0 aliphatic heterocycles. The van der Waals surface area contributed by atoms with E-state index in [0.717, 1.165) is 16.7 Å². The van der Waals surface area contributed by atoms with Crippen molar-refractivity contribution in [3.05, 3.63) is 112 Å². The van der Waals surface area contributed by atoms with Crippen molar-refractivity contribution in [3.63, 3.8) is 0 Å². The van der Waals surface area contributed by atoms with Gasteiger partial charge in [0.25, 0.3) is 5.56 Å². The number of hydrogen-bond acceptors (Lipinski definition) is 9. The van der Waals surface area contributed by atoms with Gasteiger partial charge in [0.15, 0.2) is 11.2 Å². The second kappa shape index (κ2) is 14.9. The van der Waals surface area contributed by atoms with Crippen molar-refractivity contribution in [1.29, 1.82) is 0 Å². The number of amides is 1. The Morgan fingerprint density at radius 1 is 0.979 bits per heavy atom. The maximum Gasteiger partial charge on any atom is 0.282 e. The minimum Gasteiger partial charge on any atom is -0.497 e. The zero-order valence-electron chi connectivity index (χ0n) is 27.5. The number of nitrogens with one attached hydrogen (secondary N) is 1. The molecule has 48 heavy (non-hydrogen) atoms. The van der Waals surface area contributed by atoms with Crippen LogP contribution >= 0.6 is 0 Å². The van der Waals surface area contributed by atoms with Crippen molar-refractivity contribution in [1.82, 2.24) is 29.3 Å². The lowest BCUT2D eigenvalue weighted by Crippen LogP contribution is -2.45. The van der Waals surface area contributed by atoms with Crippen molar-refractivity contribution in [3.8, 4) is 11.5 Å². The summed E-state index contributed by atoms with van der Waals surface area (Å²) in [5.74, 6) is 1.11. The number of ether oxygens (including phenoxy) is 3. The van der Waals surface area contributed by atoms with Crippen molar-refractivity contribution in [2.24, 2.45) is 12.0 Å². The first kappa shape index (κ1) is 33.8. The summed E-state index contributed by atoms with van der Waals surface area (Å²) in [5, 5.41) is 13.3. The number of carbonyl (C=O) groups is 1. The van der Waals surface area contributed by atoms with Crippen LogP contribution in [0.2, 0.25) is 0 Å². The minimum atomic E-state index is -1.13. The first-order valence-electron chi connectivity index (χ1n) is 15.2. The number of aliphatic imine (C=N–C) groups is 1. The van der Waals surface area contributed by atoms with Crippen molar-refractivity contribution < 1.29 is 24.1 Å². The maximum atomic E-state index is 13.3. The molecule has 0 unspecified atom stereocenters. The molecule has 1 amide bonds. The number of nitrogens with zero attached hydrogens (tertiary/aromatic N) is 6. The van der Waals surface area contributed by atoms with Crippen molar-refractivity contribution >= 4 is 29.4 Å². The Hall–Kier alpha value is -5.53. The Morgan fingerprint density at radius 3 is 2.10 bits per heavy atom. The standard InChI is InChI=1S/C35H39N7O6/c1-40(2)22-37-34-39-32-31(33(45)41(34)3)36-23-42(32)19-30(44)38-27(20-43)21-48-35(24-9-7-6-8-10-24,25-11-15-28(46-4)16-12-25)26-13-17-29(47-5)18-14-26/h6-18,22-23,27,43H,19-21H2,1-5H3,(H,38,44)/b37-22+/t27-/m1/s1. The number of carbonyl (C=O) groups excluding carboxylic acids is 1. The second-order valence-corrected chi connectivity index (χ2v) is 11.3. The van der Waals surface area contributed by atoms with Crippen LogP contribution in [0.4, 0.5) is 5.95 Å². The number of aromatic nitrogens is 4. The molecular weight excluding hydrogens is 614 g/mol. The molecule has 13 nitrogen and oxygen atoms in total. The van der Waals surface area contributed by atoms with Crippen LogP contribution in [0.1, 0.15) is 16.7 Å². The summed E-state index contributed by atoms with van der Waals surface area (Å²) < 4.78 is 20.4. The van der Waals surface area contributed by atoms with Gasteiger partial charge < -0.3 is 34.1 Å². The molecule has 1 atom stereocenters. The van der Waals surface area contributed by atoms with Gasteiger partial charge in [0, 0.05) is 21.1 Å². The zero-order valence-corrected chi connectivity index (χ0v) is 27.5. The smallest absolute Gasteiger partial charge is 0.282 e. The van der Waals surface area contributed by atoms with Gasteiger partial charge in [-0.1, -0.05) is 54.6 Å². The highest BCUT2D eigenvalue weighted by Crippen LogP contribution is 2.41. The number of methoxy groups -OCH3 is 2. The summed E-state index contributed by atoms with van der Waals surface area (Å²) in [6.45, 7) is -0.651. The average Bonchev–Trinajstić information content (AvgIpc) is 3.51. The molecule has 2 N–H and O–H groups in total. The van der Waals surface area contributed by atoms with Crippen LogP contribution in [-0.2, 0) is 28.7 Å². The normalized spacial score (nSPS) is 12.3. The highest BCUT2D eigenvalue weighted by molar-refractivity contribution is 5.79. The van der Waals surface area contributed by atoms with E-state index in [0.29, 0.717) is 11.5 Å². The fourth-order valence-corrected chi connectivity index (χ4v) is 5.33. The molecule has 250 valence electrons. The molecule has 0 aliphatic carbocycles. The summed E-state index contributed by atoms with van der Waals surface area (Å²) in [6.07, 6.45) is 2.91. The van der Waals surface area contributed by atoms with Gasteiger partial charge in [-0.3, -0.25) is 14.2 Å². The predicted octanol–water partition coefficient (Wildman–Crippen LogP) is 2.85. The number of aliphatic hydroxyl groups excluding tert-OH is 1. The van der Waals surface area contributed by atoms with E-state index in [1.165, 1.54) is 21.8 Å². The van der Waals surface area contributed by atoms with E-state index in [4.69, 9.17) is 14.2 Å². The van der Waals surface area contributed by atoms with Gasteiger partial charge in [0.05, 0.1) is 46.1 Å². The van der Waals surface area contributed by atoms with E-state index in [9.17, 15) is 14.7 Å². The molecule has 0 saturated heterocycles. The molecule has 0 fully saturated rings. The largest absolute Gasteiger partial charge is 0.497 e. The number of benzene rings is 3. The van der Waals surface area contributed by atoms with Gasteiger partial charge in [-0.25, -0.2) is 9.98 Å². The first-order valence-corrected chi connectivity index (χ1v) is 15.2. The van der Waals surface area contributed by atoms with Crippen LogP contribution in [-0.4, -0.2) is 88.9 Å². The van der Waals surface area contributed by atoms with E-state index in [2.05, 4.69) is 20.3 Å². The summed E-state index contributed by atoms with van der Waals surface area (Å²) in [5.41, 5.74) is 1.28. The molecule has 5 aromatic rings. The van der Waals surface area contributed by atoms with Crippen LogP contribution in [0.3, 0.4) is 0 Å². The summed E-state index contributed by atoms with van der Waals surface area (Å²) >= 11 is 0. The van der Waals surface area contributed by atoms with E-state index in [1.807, 2.05) is 78.9 Å². The molecule has 0 saturated carbocycles. The number of rotatable bonds is 14. The monoisotopic (exact) mass is 653 g/mol.